The van der Waals surface area contributed by atoms with Crippen LogP contribution in [0, 0.1) is 5.82 Å². The molecular weight excluding hydrogens is 253 g/mol. The molecule has 4 heteroatoms. The van der Waals surface area contributed by atoms with E-state index in [2.05, 4.69) is 5.32 Å². The summed E-state index contributed by atoms with van der Waals surface area (Å²) in [7, 11) is 0. The van der Waals surface area contributed by atoms with Crippen LogP contribution >= 0.6 is 11.6 Å². The van der Waals surface area contributed by atoms with Crippen molar-refractivity contribution in [2.45, 2.75) is 6.42 Å². The average molecular weight is 264 g/mol. The number of amides is 1. The number of benzene rings is 2. The molecule has 1 amide bonds. The number of para-hydroxylation sites is 1. The first-order valence-corrected chi connectivity index (χ1v) is 5.82. The van der Waals surface area contributed by atoms with Gasteiger partial charge < -0.3 is 5.32 Å². The van der Waals surface area contributed by atoms with Crippen molar-refractivity contribution in [3.8, 4) is 0 Å². The van der Waals surface area contributed by atoms with E-state index >= 15 is 0 Å². The molecule has 2 nitrogen and oxygen atoms in total. The summed E-state index contributed by atoms with van der Waals surface area (Å²) in [6.45, 7) is 0. The average Bonchev–Trinajstić information content (AvgIpc) is 2.35. The molecule has 0 fully saturated rings. The summed E-state index contributed by atoms with van der Waals surface area (Å²) in [5.74, 6) is -0.752. The fourth-order valence-corrected chi connectivity index (χ4v) is 1.77. The number of anilines is 1. The van der Waals surface area contributed by atoms with Crippen molar-refractivity contribution in [1.29, 1.82) is 0 Å². The maximum atomic E-state index is 13.3. The van der Waals surface area contributed by atoms with Gasteiger partial charge in [-0.15, -0.1) is 0 Å². The Labute approximate surface area is 109 Å². The molecule has 0 saturated heterocycles. The number of nitrogens with one attached hydrogen (secondary N) is 1. The van der Waals surface area contributed by atoms with Gasteiger partial charge in [-0.25, -0.2) is 4.39 Å². The first-order valence-electron chi connectivity index (χ1n) is 5.44. The minimum absolute atomic E-state index is 0.119. The van der Waals surface area contributed by atoms with E-state index in [1.54, 1.807) is 36.4 Å². The second kappa shape index (κ2) is 5.65. The summed E-state index contributed by atoms with van der Waals surface area (Å²) >= 11 is 5.95. The van der Waals surface area contributed by atoms with Gasteiger partial charge in [-0.2, -0.15) is 0 Å². The quantitative estimate of drug-likeness (QED) is 0.900. The van der Waals surface area contributed by atoms with Crippen LogP contribution in [0.25, 0.3) is 0 Å². The molecule has 2 aromatic carbocycles. The third-order valence-corrected chi connectivity index (χ3v) is 2.83. The monoisotopic (exact) mass is 263 g/mol. The number of halogens is 2. The van der Waals surface area contributed by atoms with E-state index in [0.717, 1.165) is 0 Å². The standard InChI is InChI=1S/C14H11ClFNO/c15-11-6-2-1-5-10(11)9-14(18)17-13-8-4-3-7-12(13)16/h1-8H,9H2,(H,17,18). The maximum absolute atomic E-state index is 13.3. The maximum Gasteiger partial charge on any atom is 0.228 e. The largest absolute Gasteiger partial charge is 0.323 e. The lowest BCUT2D eigenvalue weighted by molar-refractivity contribution is -0.115. The van der Waals surface area contributed by atoms with Crippen molar-refractivity contribution in [2.75, 3.05) is 5.32 Å². The zero-order valence-corrected chi connectivity index (χ0v) is 10.2. The molecule has 1 N–H and O–H groups in total. The van der Waals surface area contributed by atoms with E-state index < -0.39 is 5.82 Å². The van der Waals surface area contributed by atoms with Gasteiger partial charge in [0.2, 0.25) is 5.91 Å². The summed E-state index contributed by atoms with van der Waals surface area (Å²) in [6, 6.07) is 13.1. The molecule has 18 heavy (non-hydrogen) atoms. The smallest absolute Gasteiger partial charge is 0.228 e. The third kappa shape index (κ3) is 3.08. The second-order valence-corrected chi connectivity index (χ2v) is 4.20. The van der Waals surface area contributed by atoms with Gasteiger partial charge >= 0.3 is 0 Å². The predicted molar refractivity (Wildman–Crippen MR) is 70.2 cm³/mol. The molecule has 0 unspecified atom stereocenters. The number of hydrogen-bond donors (Lipinski definition) is 1. The van der Waals surface area contributed by atoms with Gasteiger partial charge in [0.05, 0.1) is 12.1 Å². The van der Waals surface area contributed by atoms with E-state index in [4.69, 9.17) is 11.6 Å². The third-order valence-electron chi connectivity index (χ3n) is 2.46. The summed E-state index contributed by atoms with van der Waals surface area (Å²) in [4.78, 5) is 11.7. The van der Waals surface area contributed by atoms with Crippen molar-refractivity contribution < 1.29 is 9.18 Å². The van der Waals surface area contributed by atoms with E-state index in [-0.39, 0.29) is 18.0 Å². The topological polar surface area (TPSA) is 29.1 Å². The SMILES string of the molecule is O=C(Cc1ccccc1Cl)Nc1ccccc1F. The van der Waals surface area contributed by atoms with E-state index in [1.807, 2.05) is 0 Å². The molecule has 0 aliphatic heterocycles. The molecule has 2 aromatic rings. The second-order valence-electron chi connectivity index (χ2n) is 3.80. The Bertz CT molecular complexity index is 522. The van der Waals surface area contributed by atoms with Crippen molar-refractivity contribution in [3.63, 3.8) is 0 Å². The highest BCUT2D eigenvalue weighted by Gasteiger charge is 2.08. The molecule has 0 spiro atoms. The highest BCUT2D eigenvalue weighted by Crippen LogP contribution is 2.17. The molecule has 0 aromatic heterocycles. The van der Waals surface area contributed by atoms with Crippen molar-refractivity contribution >= 4 is 23.2 Å². The molecule has 0 saturated carbocycles. The molecule has 92 valence electrons. The highest BCUT2D eigenvalue weighted by atomic mass is 35.5. The van der Waals surface area contributed by atoms with Gasteiger partial charge in [0.15, 0.2) is 0 Å². The minimum Gasteiger partial charge on any atom is -0.323 e. The van der Waals surface area contributed by atoms with Crippen LogP contribution in [0.1, 0.15) is 5.56 Å². The molecular formula is C14H11ClFNO. The van der Waals surface area contributed by atoms with Crippen LogP contribution in [0.3, 0.4) is 0 Å². The molecule has 0 radical (unpaired) electrons. The first kappa shape index (κ1) is 12.6. The van der Waals surface area contributed by atoms with Gasteiger partial charge in [-0.1, -0.05) is 41.9 Å². The molecule has 0 aliphatic carbocycles. The van der Waals surface area contributed by atoms with E-state index in [0.29, 0.717) is 10.6 Å². The van der Waals surface area contributed by atoms with Crippen molar-refractivity contribution in [1.82, 2.24) is 0 Å². The lowest BCUT2D eigenvalue weighted by atomic mass is 10.1. The zero-order valence-electron chi connectivity index (χ0n) is 9.49. The Morgan fingerprint density at radius 2 is 1.78 bits per heavy atom. The zero-order chi connectivity index (χ0) is 13.0. The minimum atomic E-state index is -0.454. The van der Waals surface area contributed by atoms with Crippen molar-refractivity contribution in [3.05, 3.63) is 64.9 Å². The molecule has 0 heterocycles. The number of hydrogen-bond acceptors (Lipinski definition) is 1. The van der Waals surface area contributed by atoms with E-state index in [1.165, 1.54) is 12.1 Å². The van der Waals surface area contributed by atoms with Crippen LogP contribution in [0.2, 0.25) is 5.02 Å². The van der Waals surface area contributed by atoms with Gasteiger partial charge in [0.25, 0.3) is 0 Å². The Morgan fingerprint density at radius 3 is 2.50 bits per heavy atom. The molecule has 0 atom stereocenters. The lowest BCUT2D eigenvalue weighted by Crippen LogP contribution is -2.15. The van der Waals surface area contributed by atoms with Crippen LogP contribution in [0.15, 0.2) is 48.5 Å². The summed E-state index contributed by atoms with van der Waals surface area (Å²) < 4.78 is 13.3. The summed E-state index contributed by atoms with van der Waals surface area (Å²) in [5, 5.41) is 3.04. The Kier molecular flexibility index (Phi) is 3.95. The molecule has 0 bridgehead atoms. The van der Waals surface area contributed by atoms with Crippen LogP contribution in [-0.2, 0) is 11.2 Å². The van der Waals surface area contributed by atoms with Gasteiger partial charge in [-0.05, 0) is 23.8 Å². The van der Waals surface area contributed by atoms with Crippen LogP contribution < -0.4 is 5.32 Å². The van der Waals surface area contributed by atoms with E-state index in [9.17, 15) is 9.18 Å². The Balaban J connectivity index is 2.06. The van der Waals surface area contributed by atoms with Crippen LogP contribution in [0.5, 0.6) is 0 Å². The fourth-order valence-electron chi connectivity index (χ4n) is 1.57. The Morgan fingerprint density at radius 1 is 1.11 bits per heavy atom. The number of carbonyl (C=O) groups excluding carboxylic acids is 1. The number of carbonyl (C=O) groups is 1. The summed E-state index contributed by atoms with van der Waals surface area (Å²) in [5.41, 5.74) is 0.891. The van der Waals surface area contributed by atoms with Gasteiger partial charge in [0.1, 0.15) is 5.82 Å². The molecule has 2 rings (SSSR count). The number of rotatable bonds is 3. The molecule has 0 aliphatic rings. The fraction of sp³-hybridized carbons (Fsp3) is 0.0714. The Hall–Kier alpha value is -1.87. The summed E-state index contributed by atoms with van der Waals surface area (Å²) in [6.07, 6.45) is 0.119. The van der Waals surface area contributed by atoms with Gasteiger partial charge in [-0.3, -0.25) is 4.79 Å². The first-order chi connectivity index (χ1) is 8.66. The highest BCUT2D eigenvalue weighted by molar-refractivity contribution is 6.31. The predicted octanol–water partition coefficient (Wildman–Crippen LogP) is 3.66. The van der Waals surface area contributed by atoms with Crippen LogP contribution in [-0.4, -0.2) is 5.91 Å². The van der Waals surface area contributed by atoms with Gasteiger partial charge in [0, 0.05) is 5.02 Å². The van der Waals surface area contributed by atoms with Crippen LogP contribution in [0.4, 0.5) is 10.1 Å². The van der Waals surface area contributed by atoms with Crippen molar-refractivity contribution in [2.24, 2.45) is 0 Å². The normalized spacial score (nSPS) is 10.1. The lowest BCUT2D eigenvalue weighted by Gasteiger charge is -2.07.